The molecule has 8 nitrogen and oxygen atoms in total. The van der Waals surface area contributed by atoms with Crippen molar-refractivity contribution in [2.75, 3.05) is 30.3 Å². The van der Waals surface area contributed by atoms with Gasteiger partial charge in [0.25, 0.3) is 5.91 Å². The lowest BCUT2D eigenvalue weighted by Gasteiger charge is -2.31. The number of nitrogens with one attached hydrogen (secondary N) is 2. The van der Waals surface area contributed by atoms with Gasteiger partial charge in [-0.3, -0.25) is 9.59 Å². The Balaban J connectivity index is 1.44. The Labute approximate surface area is 193 Å². The van der Waals surface area contributed by atoms with Crippen molar-refractivity contribution in [3.8, 4) is 5.75 Å². The normalized spacial score (nSPS) is 17.3. The molecule has 1 saturated heterocycles. The summed E-state index contributed by atoms with van der Waals surface area (Å²) in [6.45, 7) is 0.0269. The van der Waals surface area contributed by atoms with E-state index in [4.69, 9.17) is 27.9 Å². The first-order chi connectivity index (χ1) is 15.1. The number of carbonyl (C=O) groups excluding carboxylic acids is 2. The largest absolute Gasteiger partial charge is 0.482 e. The fourth-order valence-corrected chi connectivity index (χ4v) is 5.76. The molecule has 12 heteroatoms. The summed E-state index contributed by atoms with van der Waals surface area (Å²) in [6.07, 6.45) is 0.601. The summed E-state index contributed by atoms with van der Waals surface area (Å²) in [5.74, 6) is -1.42. The summed E-state index contributed by atoms with van der Waals surface area (Å²) < 4.78 is 46.1. The van der Waals surface area contributed by atoms with Crippen LogP contribution in [-0.4, -0.2) is 44.2 Å². The number of amides is 2. The highest BCUT2D eigenvalue weighted by molar-refractivity contribution is 7.89. The summed E-state index contributed by atoms with van der Waals surface area (Å²) in [5.41, 5.74) is 0.672. The monoisotopic (exact) mass is 501 g/mol. The number of rotatable bonds is 4. The third-order valence-corrected chi connectivity index (χ3v) is 7.95. The molecule has 0 aromatic heterocycles. The number of halogens is 3. The van der Waals surface area contributed by atoms with Crippen LogP contribution >= 0.6 is 23.2 Å². The zero-order valence-corrected chi connectivity index (χ0v) is 18.9. The Morgan fingerprint density at radius 1 is 1.16 bits per heavy atom. The van der Waals surface area contributed by atoms with Gasteiger partial charge in [-0.05, 0) is 37.1 Å². The van der Waals surface area contributed by atoms with Gasteiger partial charge in [0.15, 0.2) is 6.61 Å². The zero-order valence-electron chi connectivity index (χ0n) is 16.5. The van der Waals surface area contributed by atoms with Gasteiger partial charge in [-0.25, -0.2) is 12.8 Å². The lowest BCUT2D eigenvalue weighted by atomic mass is 9.97. The topological polar surface area (TPSA) is 105 Å². The molecule has 2 aliphatic heterocycles. The molecule has 4 rings (SSSR count). The lowest BCUT2D eigenvalue weighted by Crippen LogP contribution is -2.41. The van der Waals surface area contributed by atoms with Gasteiger partial charge in [0.05, 0.1) is 15.7 Å². The smallest absolute Gasteiger partial charge is 0.262 e. The van der Waals surface area contributed by atoms with Crippen LogP contribution < -0.4 is 15.4 Å². The zero-order chi connectivity index (χ0) is 23.0. The number of anilines is 2. The fourth-order valence-electron chi connectivity index (χ4n) is 3.59. The molecule has 2 N–H and O–H groups in total. The number of hydrogen-bond donors (Lipinski definition) is 2. The first-order valence-corrected chi connectivity index (χ1v) is 11.9. The van der Waals surface area contributed by atoms with Crippen LogP contribution in [0.25, 0.3) is 0 Å². The Morgan fingerprint density at radius 3 is 2.56 bits per heavy atom. The highest BCUT2D eigenvalue weighted by Gasteiger charge is 2.34. The molecule has 2 aromatic carbocycles. The molecule has 2 heterocycles. The van der Waals surface area contributed by atoms with Gasteiger partial charge in [-0.1, -0.05) is 23.2 Å². The second-order valence-corrected chi connectivity index (χ2v) is 10.1. The molecule has 0 aliphatic carbocycles. The number of fused-ring (bicyclic) bond motifs is 1. The highest BCUT2D eigenvalue weighted by atomic mass is 35.5. The number of sulfonamides is 1. The number of nitrogens with zero attached hydrogens (tertiary/aromatic N) is 1. The van der Waals surface area contributed by atoms with Gasteiger partial charge in [-0.2, -0.15) is 4.31 Å². The summed E-state index contributed by atoms with van der Waals surface area (Å²) in [4.78, 5) is 23.9. The van der Waals surface area contributed by atoms with Crippen LogP contribution in [0.1, 0.15) is 12.8 Å². The van der Waals surface area contributed by atoms with E-state index >= 15 is 0 Å². The van der Waals surface area contributed by atoms with E-state index in [1.54, 1.807) is 0 Å². The molecule has 1 fully saturated rings. The minimum Gasteiger partial charge on any atom is -0.482 e. The van der Waals surface area contributed by atoms with E-state index in [0.29, 0.717) is 24.2 Å². The Bertz CT molecular complexity index is 1200. The molecule has 0 saturated carbocycles. The first kappa shape index (κ1) is 22.8. The van der Waals surface area contributed by atoms with Crippen molar-refractivity contribution in [1.82, 2.24) is 4.31 Å². The van der Waals surface area contributed by atoms with Gasteiger partial charge in [0.1, 0.15) is 16.5 Å². The Kier molecular flexibility index (Phi) is 6.30. The predicted molar refractivity (Wildman–Crippen MR) is 117 cm³/mol. The Hall–Kier alpha value is -2.40. The number of ether oxygens (including phenoxy) is 1. The standard InChI is InChI=1S/C20H18Cl2FN3O5S/c21-13-7-12(1-2-15(13)23)24-20(28)11-3-5-26(6-4-11)32(29,30)18-9-17-16(8-14(18)22)25-19(27)10-31-17/h1-2,7-9,11H,3-6,10H2,(H,24,28)(H,25,27). The van der Waals surface area contributed by atoms with Gasteiger partial charge in [0.2, 0.25) is 15.9 Å². The minimum absolute atomic E-state index is 0.0393. The van der Waals surface area contributed by atoms with E-state index in [2.05, 4.69) is 10.6 Å². The molecule has 170 valence electrons. The first-order valence-electron chi connectivity index (χ1n) is 9.67. The number of hydrogen-bond acceptors (Lipinski definition) is 5. The minimum atomic E-state index is -3.94. The van der Waals surface area contributed by atoms with E-state index in [9.17, 15) is 22.4 Å². The van der Waals surface area contributed by atoms with Gasteiger partial charge < -0.3 is 15.4 Å². The molecule has 0 radical (unpaired) electrons. The van der Waals surface area contributed by atoms with Crippen molar-refractivity contribution in [3.63, 3.8) is 0 Å². The lowest BCUT2D eigenvalue weighted by molar-refractivity contribution is -0.121. The molecule has 0 atom stereocenters. The quantitative estimate of drug-likeness (QED) is 0.666. The second-order valence-electron chi connectivity index (χ2n) is 7.41. The molecule has 2 aromatic rings. The van der Waals surface area contributed by atoms with E-state index in [0.717, 1.165) is 6.07 Å². The van der Waals surface area contributed by atoms with Gasteiger partial charge in [0, 0.05) is 30.8 Å². The fraction of sp³-hybridized carbons (Fsp3) is 0.300. The Morgan fingerprint density at radius 2 is 1.88 bits per heavy atom. The van der Waals surface area contributed by atoms with Crippen molar-refractivity contribution in [3.05, 3.63) is 46.2 Å². The molecular weight excluding hydrogens is 484 g/mol. The van der Waals surface area contributed by atoms with E-state index in [1.807, 2.05) is 0 Å². The van der Waals surface area contributed by atoms with Crippen LogP contribution in [-0.2, 0) is 19.6 Å². The van der Waals surface area contributed by atoms with Gasteiger partial charge >= 0.3 is 0 Å². The van der Waals surface area contributed by atoms with Crippen LogP contribution in [0, 0.1) is 11.7 Å². The van der Waals surface area contributed by atoms with E-state index in [1.165, 1.54) is 28.6 Å². The molecule has 32 heavy (non-hydrogen) atoms. The predicted octanol–water partition coefficient (Wildman–Crippen LogP) is 3.50. The molecule has 0 bridgehead atoms. The van der Waals surface area contributed by atoms with Crippen LogP contribution in [0.4, 0.5) is 15.8 Å². The third-order valence-electron chi connectivity index (χ3n) is 5.30. The summed E-state index contributed by atoms with van der Waals surface area (Å²) in [7, 11) is -3.94. The maximum atomic E-state index is 13.3. The average Bonchev–Trinajstić information content (AvgIpc) is 2.75. The molecular formula is C20H18Cl2FN3O5S. The maximum absolute atomic E-state index is 13.3. The summed E-state index contributed by atoms with van der Waals surface area (Å²) in [6, 6.07) is 6.52. The number of piperidine rings is 1. The van der Waals surface area contributed by atoms with Crippen molar-refractivity contribution in [2.45, 2.75) is 17.7 Å². The van der Waals surface area contributed by atoms with E-state index < -0.39 is 21.8 Å². The summed E-state index contributed by atoms with van der Waals surface area (Å²) in [5, 5.41) is 5.11. The molecule has 0 unspecified atom stereocenters. The van der Waals surface area contributed by atoms with Crippen LogP contribution in [0.3, 0.4) is 0 Å². The van der Waals surface area contributed by atoms with Crippen molar-refractivity contribution in [1.29, 1.82) is 0 Å². The van der Waals surface area contributed by atoms with Crippen molar-refractivity contribution < 1.29 is 27.1 Å². The average molecular weight is 502 g/mol. The third kappa shape index (κ3) is 4.54. The summed E-state index contributed by atoms with van der Waals surface area (Å²) >= 11 is 11.9. The van der Waals surface area contributed by atoms with E-state index in [-0.39, 0.29) is 52.2 Å². The molecule has 2 amide bonds. The molecule has 0 spiro atoms. The van der Waals surface area contributed by atoms with Crippen LogP contribution in [0.5, 0.6) is 5.75 Å². The number of benzene rings is 2. The maximum Gasteiger partial charge on any atom is 0.262 e. The van der Waals surface area contributed by atoms with Crippen LogP contribution in [0.15, 0.2) is 35.2 Å². The van der Waals surface area contributed by atoms with Crippen LogP contribution in [0.2, 0.25) is 10.0 Å². The van der Waals surface area contributed by atoms with Crippen molar-refractivity contribution >= 4 is 56.4 Å². The number of carbonyl (C=O) groups is 2. The van der Waals surface area contributed by atoms with Crippen molar-refractivity contribution in [2.24, 2.45) is 5.92 Å². The SMILES string of the molecule is O=C1COc2cc(S(=O)(=O)N3CCC(C(=O)Nc4ccc(F)c(Cl)c4)CC3)c(Cl)cc2N1. The highest BCUT2D eigenvalue weighted by Crippen LogP contribution is 2.37. The van der Waals surface area contributed by atoms with Gasteiger partial charge in [-0.15, -0.1) is 0 Å². The second kappa shape index (κ2) is 8.86. The molecule has 2 aliphatic rings.